The summed E-state index contributed by atoms with van der Waals surface area (Å²) in [6, 6.07) is 3.82. The Balaban J connectivity index is 2.28. The predicted molar refractivity (Wildman–Crippen MR) is 113 cm³/mol. The summed E-state index contributed by atoms with van der Waals surface area (Å²) >= 11 is 0. The number of piperidine rings is 1. The summed E-state index contributed by atoms with van der Waals surface area (Å²) in [5.41, 5.74) is -1.10. The van der Waals surface area contributed by atoms with Gasteiger partial charge in [-0.05, 0) is 64.2 Å². The SMILES string of the molecule is CC(=O)NC(CC#CC(C)(C)C)(C(=O)O)N1CCCC(CCc2ccncc2)C1=O. The van der Waals surface area contributed by atoms with Crippen molar-refractivity contribution in [3.8, 4) is 11.8 Å². The zero-order valence-corrected chi connectivity index (χ0v) is 18.2. The summed E-state index contributed by atoms with van der Waals surface area (Å²) in [4.78, 5) is 42.9. The van der Waals surface area contributed by atoms with Gasteiger partial charge in [0.15, 0.2) is 0 Å². The minimum absolute atomic E-state index is 0.165. The number of likely N-dealkylation sites (tertiary alicyclic amines) is 1. The van der Waals surface area contributed by atoms with Gasteiger partial charge in [-0.15, -0.1) is 0 Å². The maximum atomic E-state index is 13.3. The molecule has 0 radical (unpaired) electrons. The number of carboxylic acids is 1. The Morgan fingerprint density at radius 3 is 2.53 bits per heavy atom. The molecule has 1 aliphatic rings. The fraction of sp³-hybridized carbons (Fsp3) is 0.565. The number of carbonyl (C=O) groups is 3. The zero-order chi connectivity index (χ0) is 22.4. The van der Waals surface area contributed by atoms with Gasteiger partial charge in [0.25, 0.3) is 0 Å². The molecular weight excluding hydrogens is 382 g/mol. The van der Waals surface area contributed by atoms with E-state index in [0.717, 1.165) is 5.56 Å². The molecule has 7 nitrogen and oxygen atoms in total. The topological polar surface area (TPSA) is 99.6 Å². The van der Waals surface area contributed by atoms with Gasteiger partial charge in [-0.1, -0.05) is 11.8 Å². The molecule has 7 heteroatoms. The van der Waals surface area contributed by atoms with Crippen LogP contribution in [0.4, 0.5) is 0 Å². The van der Waals surface area contributed by atoms with Crippen LogP contribution < -0.4 is 5.32 Å². The van der Waals surface area contributed by atoms with E-state index in [1.165, 1.54) is 11.8 Å². The maximum absolute atomic E-state index is 13.3. The summed E-state index contributed by atoms with van der Waals surface area (Å²) in [7, 11) is 0. The van der Waals surface area contributed by atoms with Gasteiger partial charge < -0.3 is 15.3 Å². The van der Waals surface area contributed by atoms with E-state index in [2.05, 4.69) is 22.1 Å². The third kappa shape index (κ3) is 6.06. The van der Waals surface area contributed by atoms with E-state index in [4.69, 9.17) is 0 Å². The van der Waals surface area contributed by atoms with Crippen LogP contribution in [0.15, 0.2) is 24.5 Å². The summed E-state index contributed by atoms with van der Waals surface area (Å²) in [6.07, 6.45) is 5.95. The number of carboxylic acid groups (broad SMARTS) is 1. The number of nitrogens with one attached hydrogen (secondary N) is 1. The highest BCUT2D eigenvalue weighted by molar-refractivity contribution is 5.92. The molecule has 2 atom stereocenters. The second-order valence-corrected chi connectivity index (χ2v) is 8.80. The van der Waals surface area contributed by atoms with Crippen molar-refractivity contribution >= 4 is 17.8 Å². The number of amides is 2. The number of aromatic nitrogens is 1. The van der Waals surface area contributed by atoms with Crippen LogP contribution in [0, 0.1) is 23.2 Å². The smallest absolute Gasteiger partial charge is 0.351 e. The third-order valence-corrected chi connectivity index (χ3v) is 5.09. The average molecular weight is 414 g/mol. The third-order valence-electron chi connectivity index (χ3n) is 5.09. The van der Waals surface area contributed by atoms with Crippen molar-refractivity contribution in [2.45, 2.75) is 65.5 Å². The largest absolute Gasteiger partial charge is 0.478 e. The summed E-state index contributed by atoms with van der Waals surface area (Å²) in [5, 5.41) is 12.6. The molecule has 2 unspecified atom stereocenters. The summed E-state index contributed by atoms with van der Waals surface area (Å²) in [5.74, 6) is 3.58. The normalized spacial score (nSPS) is 18.7. The lowest BCUT2D eigenvalue weighted by Crippen LogP contribution is -2.68. The van der Waals surface area contributed by atoms with Crippen molar-refractivity contribution in [2.75, 3.05) is 6.54 Å². The van der Waals surface area contributed by atoms with Gasteiger partial charge in [0, 0.05) is 37.2 Å². The fourth-order valence-electron chi connectivity index (χ4n) is 3.67. The number of aryl methyl sites for hydroxylation is 1. The number of rotatable bonds is 7. The number of carbonyl (C=O) groups excluding carboxylic acids is 2. The molecular formula is C23H31N3O4. The van der Waals surface area contributed by atoms with Crippen LogP contribution in [-0.2, 0) is 20.8 Å². The van der Waals surface area contributed by atoms with Crippen LogP contribution in [0.25, 0.3) is 0 Å². The first-order chi connectivity index (χ1) is 14.0. The van der Waals surface area contributed by atoms with E-state index in [-0.39, 0.29) is 30.2 Å². The van der Waals surface area contributed by atoms with Crippen molar-refractivity contribution in [2.24, 2.45) is 11.3 Å². The standard InChI is InChI=1S/C23H31N3O4/c1-17(27)25-23(21(29)30,13-6-12-22(2,3)4)26-16-5-7-19(20(26)28)9-8-18-10-14-24-15-11-18/h10-11,14-15,19H,5,7-9,13,16H2,1-4H3,(H,25,27)(H,29,30). The number of nitrogens with zero attached hydrogens (tertiary/aromatic N) is 2. The Morgan fingerprint density at radius 2 is 1.97 bits per heavy atom. The molecule has 2 N–H and O–H groups in total. The van der Waals surface area contributed by atoms with E-state index in [0.29, 0.717) is 25.7 Å². The van der Waals surface area contributed by atoms with Gasteiger partial charge in [0.2, 0.25) is 17.5 Å². The molecule has 2 heterocycles. The zero-order valence-electron chi connectivity index (χ0n) is 18.2. The highest BCUT2D eigenvalue weighted by Crippen LogP contribution is 2.29. The predicted octanol–water partition coefficient (Wildman–Crippen LogP) is 2.61. The molecule has 0 bridgehead atoms. The van der Waals surface area contributed by atoms with E-state index in [1.54, 1.807) is 12.4 Å². The van der Waals surface area contributed by atoms with Crippen molar-refractivity contribution in [1.29, 1.82) is 0 Å². The van der Waals surface area contributed by atoms with Gasteiger partial charge in [0.1, 0.15) is 0 Å². The van der Waals surface area contributed by atoms with Crippen LogP contribution in [0.5, 0.6) is 0 Å². The fourth-order valence-corrected chi connectivity index (χ4v) is 3.67. The molecule has 1 aromatic heterocycles. The number of hydrogen-bond donors (Lipinski definition) is 2. The van der Waals surface area contributed by atoms with Gasteiger partial charge in [-0.2, -0.15) is 0 Å². The number of pyridine rings is 1. The van der Waals surface area contributed by atoms with Gasteiger partial charge >= 0.3 is 5.97 Å². The lowest BCUT2D eigenvalue weighted by atomic mass is 9.88. The van der Waals surface area contributed by atoms with E-state index < -0.39 is 17.5 Å². The Bertz CT molecular complexity index is 835. The Kier molecular flexibility index (Phi) is 7.60. The Hall–Kier alpha value is -2.88. The minimum atomic E-state index is -1.86. The lowest BCUT2D eigenvalue weighted by Gasteiger charge is -2.44. The molecule has 0 spiro atoms. The van der Waals surface area contributed by atoms with Gasteiger partial charge in [-0.25, -0.2) is 4.79 Å². The maximum Gasteiger partial charge on any atom is 0.351 e. The average Bonchev–Trinajstić information content (AvgIpc) is 2.65. The van der Waals surface area contributed by atoms with Crippen LogP contribution >= 0.6 is 0 Å². The minimum Gasteiger partial charge on any atom is -0.478 e. The Labute approximate surface area is 178 Å². The highest BCUT2D eigenvalue weighted by atomic mass is 16.4. The summed E-state index contributed by atoms with van der Waals surface area (Å²) < 4.78 is 0. The van der Waals surface area contributed by atoms with Crippen LogP contribution in [0.1, 0.15) is 58.9 Å². The Morgan fingerprint density at radius 1 is 1.30 bits per heavy atom. The second-order valence-electron chi connectivity index (χ2n) is 8.80. The highest BCUT2D eigenvalue weighted by Gasteiger charge is 2.49. The molecule has 1 aliphatic heterocycles. The molecule has 162 valence electrons. The van der Waals surface area contributed by atoms with Crippen LogP contribution in [0.3, 0.4) is 0 Å². The molecule has 1 saturated heterocycles. The van der Waals surface area contributed by atoms with E-state index in [9.17, 15) is 19.5 Å². The quantitative estimate of drug-likeness (QED) is 0.670. The van der Waals surface area contributed by atoms with E-state index >= 15 is 0 Å². The van der Waals surface area contributed by atoms with Gasteiger partial charge in [-0.3, -0.25) is 14.6 Å². The number of hydrogen-bond acceptors (Lipinski definition) is 4. The molecule has 0 aromatic carbocycles. The van der Waals surface area contributed by atoms with Crippen LogP contribution in [0.2, 0.25) is 0 Å². The van der Waals surface area contributed by atoms with Crippen molar-refractivity contribution < 1.29 is 19.5 Å². The molecule has 30 heavy (non-hydrogen) atoms. The molecule has 1 fully saturated rings. The first-order valence-electron chi connectivity index (χ1n) is 10.3. The lowest BCUT2D eigenvalue weighted by molar-refractivity contribution is -0.168. The van der Waals surface area contributed by atoms with Crippen molar-refractivity contribution in [3.05, 3.63) is 30.1 Å². The van der Waals surface area contributed by atoms with Crippen LogP contribution in [-0.4, -0.2) is 45.0 Å². The first kappa shape index (κ1) is 23.4. The molecule has 1 aromatic rings. The van der Waals surface area contributed by atoms with Crippen molar-refractivity contribution in [1.82, 2.24) is 15.2 Å². The molecule has 0 saturated carbocycles. The first-order valence-corrected chi connectivity index (χ1v) is 10.3. The summed E-state index contributed by atoms with van der Waals surface area (Å²) in [6.45, 7) is 7.28. The molecule has 2 amide bonds. The van der Waals surface area contributed by atoms with Crippen molar-refractivity contribution in [3.63, 3.8) is 0 Å². The van der Waals surface area contributed by atoms with Gasteiger partial charge in [0.05, 0.1) is 6.42 Å². The monoisotopic (exact) mass is 413 g/mol. The second kappa shape index (κ2) is 9.75. The number of aliphatic carboxylic acids is 1. The van der Waals surface area contributed by atoms with E-state index in [1.807, 2.05) is 32.9 Å². The molecule has 0 aliphatic carbocycles. The molecule has 2 rings (SSSR count).